The monoisotopic (exact) mass is 434 g/mol. The molecule has 166 valence electrons. The molecule has 1 N–H and O–H groups in total. The van der Waals surface area contributed by atoms with Crippen LogP contribution >= 0.6 is 0 Å². The van der Waals surface area contributed by atoms with Crippen LogP contribution in [-0.4, -0.2) is 17.0 Å². The molecule has 5 heteroatoms. The van der Waals surface area contributed by atoms with Crippen molar-refractivity contribution in [3.8, 4) is 0 Å². The molecule has 0 aromatic heterocycles. The molecule has 1 atom stereocenters. The first kappa shape index (κ1) is 22.0. The SMILES string of the molecule is CC(C)c1ccc(C(C)N(C(=O)Nc2ccc(F)cc2F)C2Cc3ccccc3C2)cc1. The van der Waals surface area contributed by atoms with Crippen molar-refractivity contribution in [2.45, 2.75) is 51.6 Å². The van der Waals surface area contributed by atoms with Crippen LogP contribution < -0.4 is 5.32 Å². The molecule has 3 aromatic carbocycles. The second kappa shape index (κ2) is 9.11. The average molecular weight is 435 g/mol. The normalized spacial score (nSPS) is 14.3. The third-order valence-electron chi connectivity index (χ3n) is 6.33. The summed E-state index contributed by atoms with van der Waals surface area (Å²) in [7, 11) is 0. The van der Waals surface area contributed by atoms with Gasteiger partial charge in [-0.3, -0.25) is 0 Å². The Bertz CT molecular complexity index is 1090. The van der Waals surface area contributed by atoms with Crippen LogP contribution in [0.3, 0.4) is 0 Å². The van der Waals surface area contributed by atoms with E-state index in [2.05, 4.69) is 55.6 Å². The second-order valence-corrected chi connectivity index (χ2v) is 8.79. The molecule has 0 bridgehead atoms. The molecule has 0 saturated carbocycles. The number of nitrogens with zero attached hydrogens (tertiary/aromatic N) is 1. The molecular formula is C27H28F2N2O. The number of urea groups is 1. The molecule has 0 fully saturated rings. The number of halogens is 2. The van der Waals surface area contributed by atoms with Crippen molar-refractivity contribution in [2.24, 2.45) is 0 Å². The van der Waals surface area contributed by atoms with Gasteiger partial charge in [-0.1, -0.05) is 62.4 Å². The van der Waals surface area contributed by atoms with Crippen LogP contribution in [-0.2, 0) is 12.8 Å². The third kappa shape index (κ3) is 4.52. The number of anilines is 1. The second-order valence-electron chi connectivity index (χ2n) is 8.79. The van der Waals surface area contributed by atoms with Crippen molar-refractivity contribution in [3.63, 3.8) is 0 Å². The van der Waals surface area contributed by atoms with E-state index < -0.39 is 17.7 Å². The average Bonchev–Trinajstić information content (AvgIpc) is 3.19. The van der Waals surface area contributed by atoms with Crippen molar-refractivity contribution in [1.29, 1.82) is 0 Å². The fraction of sp³-hybridized carbons (Fsp3) is 0.296. The first-order valence-corrected chi connectivity index (χ1v) is 11.0. The number of benzene rings is 3. The Morgan fingerprint density at radius 1 is 0.906 bits per heavy atom. The zero-order valence-corrected chi connectivity index (χ0v) is 18.6. The quantitative estimate of drug-likeness (QED) is 0.468. The number of carbonyl (C=O) groups excluding carboxylic acids is 1. The van der Waals surface area contributed by atoms with E-state index in [-0.39, 0.29) is 17.8 Å². The highest BCUT2D eigenvalue weighted by molar-refractivity contribution is 5.90. The van der Waals surface area contributed by atoms with Crippen LogP contribution in [0.15, 0.2) is 66.7 Å². The van der Waals surface area contributed by atoms with E-state index in [9.17, 15) is 13.6 Å². The summed E-state index contributed by atoms with van der Waals surface area (Å²) in [5.41, 5.74) is 4.68. The van der Waals surface area contributed by atoms with Crippen LogP contribution in [0.5, 0.6) is 0 Å². The fourth-order valence-corrected chi connectivity index (χ4v) is 4.48. The summed E-state index contributed by atoms with van der Waals surface area (Å²) in [6, 6.07) is 19.0. The van der Waals surface area contributed by atoms with Gasteiger partial charge in [0, 0.05) is 12.1 Å². The van der Waals surface area contributed by atoms with Gasteiger partial charge in [0.2, 0.25) is 0 Å². The summed E-state index contributed by atoms with van der Waals surface area (Å²) in [6.07, 6.45) is 1.48. The van der Waals surface area contributed by atoms with Crippen LogP contribution in [0.1, 0.15) is 55.0 Å². The smallest absolute Gasteiger partial charge is 0.314 e. The first-order chi connectivity index (χ1) is 15.3. The highest BCUT2D eigenvalue weighted by Gasteiger charge is 2.34. The minimum atomic E-state index is -0.790. The molecule has 0 saturated heterocycles. The lowest BCUT2D eigenvalue weighted by atomic mass is 9.98. The van der Waals surface area contributed by atoms with Gasteiger partial charge in [0.05, 0.1) is 11.7 Å². The predicted molar refractivity (Wildman–Crippen MR) is 124 cm³/mol. The molecular weight excluding hydrogens is 406 g/mol. The van der Waals surface area contributed by atoms with Crippen molar-refractivity contribution in [1.82, 2.24) is 4.90 Å². The largest absolute Gasteiger partial charge is 0.322 e. The molecule has 3 nitrogen and oxygen atoms in total. The van der Waals surface area contributed by atoms with Crippen LogP contribution in [0.4, 0.5) is 19.3 Å². The van der Waals surface area contributed by atoms with Gasteiger partial charge in [0.25, 0.3) is 0 Å². The van der Waals surface area contributed by atoms with E-state index >= 15 is 0 Å². The molecule has 32 heavy (non-hydrogen) atoms. The van der Waals surface area contributed by atoms with E-state index in [0.717, 1.165) is 30.5 Å². The number of amides is 2. The summed E-state index contributed by atoms with van der Waals surface area (Å²) in [6.45, 7) is 6.28. The lowest BCUT2D eigenvalue weighted by molar-refractivity contribution is 0.164. The number of rotatable bonds is 5. The molecule has 1 aliphatic carbocycles. The maximum atomic E-state index is 14.2. The molecule has 2 amide bonds. The summed E-state index contributed by atoms with van der Waals surface area (Å²) in [4.78, 5) is 15.2. The highest BCUT2D eigenvalue weighted by atomic mass is 19.1. The summed E-state index contributed by atoms with van der Waals surface area (Å²) in [5.74, 6) is -1.05. The van der Waals surface area contributed by atoms with Gasteiger partial charge in [0.15, 0.2) is 0 Å². The van der Waals surface area contributed by atoms with Crippen molar-refractivity contribution in [3.05, 3.63) is 101 Å². The van der Waals surface area contributed by atoms with Gasteiger partial charge in [-0.15, -0.1) is 0 Å². The lowest BCUT2D eigenvalue weighted by Gasteiger charge is -2.35. The van der Waals surface area contributed by atoms with Crippen LogP contribution in [0.25, 0.3) is 0 Å². The van der Waals surface area contributed by atoms with E-state index in [1.54, 1.807) is 4.90 Å². The van der Waals surface area contributed by atoms with E-state index in [0.29, 0.717) is 5.92 Å². The topological polar surface area (TPSA) is 32.3 Å². The molecule has 0 radical (unpaired) electrons. The Labute approximate surface area is 188 Å². The Hall–Kier alpha value is -3.21. The number of nitrogens with one attached hydrogen (secondary N) is 1. The van der Waals surface area contributed by atoms with Crippen molar-refractivity contribution >= 4 is 11.7 Å². The third-order valence-corrected chi connectivity index (χ3v) is 6.33. The summed E-state index contributed by atoms with van der Waals surface area (Å²) < 4.78 is 27.6. The van der Waals surface area contributed by atoms with Crippen LogP contribution in [0.2, 0.25) is 0 Å². The van der Waals surface area contributed by atoms with Gasteiger partial charge < -0.3 is 10.2 Å². The highest BCUT2D eigenvalue weighted by Crippen LogP contribution is 2.33. The van der Waals surface area contributed by atoms with Crippen molar-refractivity contribution in [2.75, 3.05) is 5.32 Å². The zero-order valence-electron chi connectivity index (χ0n) is 18.6. The van der Waals surface area contributed by atoms with Gasteiger partial charge in [-0.25, -0.2) is 13.6 Å². The van der Waals surface area contributed by atoms with Gasteiger partial charge in [0.1, 0.15) is 11.6 Å². The van der Waals surface area contributed by atoms with Crippen molar-refractivity contribution < 1.29 is 13.6 Å². The first-order valence-electron chi connectivity index (χ1n) is 11.0. The Morgan fingerprint density at radius 3 is 2.06 bits per heavy atom. The van der Waals surface area contributed by atoms with E-state index in [1.807, 2.05) is 19.1 Å². The number of fused-ring (bicyclic) bond motifs is 1. The van der Waals surface area contributed by atoms with Gasteiger partial charge in [-0.2, -0.15) is 0 Å². The summed E-state index contributed by atoms with van der Waals surface area (Å²) in [5, 5.41) is 2.67. The fourth-order valence-electron chi connectivity index (χ4n) is 4.48. The molecule has 1 unspecified atom stereocenters. The Balaban J connectivity index is 1.64. The van der Waals surface area contributed by atoms with Crippen LogP contribution in [0, 0.1) is 11.6 Å². The predicted octanol–water partition coefficient (Wildman–Crippen LogP) is 6.85. The van der Waals surface area contributed by atoms with E-state index in [4.69, 9.17) is 0 Å². The number of hydrogen-bond donors (Lipinski definition) is 1. The summed E-state index contributed by atoms with van der Waals surface area (Å²) >= 11 is 0. The Morgan fingerprint density at radius 2 is 1.50 bits per heavy atom. The minimum absolute atomic E-state index is 0.0285. The van der Waals surface area contributed by atoms with Gasteiger partial charge >= 0.3 is 6.03 Å². The molecule has 0 spiro atoms. The molecule has 0 aliphatic heterocycles. The molecule has 1 aliphatic rings. The molecule has 3 aromatic rings. The van der Waals surface area contributed by atoms with Gasteiger partial charge in [-0.05, 0) is 60.1 Å². The maximum Gasteiger partial charge on any atom is 0.322 e. The maximum absolute atomic E-state index is 14.2. The molecule has 4 rings (SSSR count). The number of hydrogen-bond acceptors (Lipinski definition) is 1. The Kier molecular flexibility index (Phi) is 6.26. The van der Waals surface area contributed by atoms with E-state index in [1.165, 1.54) is 22.8 Å². The standard InChI is InChI=1S/C27H28F2N2O/c1-17(2)19-8-10-20(11-9-19)18(3)31(24-14-21-6-4-5-7-22(21)15-24)27(32)30-26-13-12-23(28)16-25(26)29/h4-13,16-18,24H,14-15H2,1-3H3,(H,30,32). The zero-order chi connectivity index (χ0) is 22.8. The molecule has 0 heterocycles. The number of carbonyl (C=O) groups is 1. The lowest BCUT2D eigenvalue weighted by Crippen LogP contribution is -2.45. The minimum Gasteiger partial charge on any atom is -0.314 e.